The van der Waals surface area contributed by atoms with Gasteiger partial charge in [-0.05, 0) is 24.8 Å². The van der Waals surface area contributed by atoms with Gasteiger partial charge in [-0.15, -0.1) is 0 Å². The van der Waals surface area contributed by atoms with Crippen LogP contribution in [0.2, 0.25) is 0 Å². The quantitative estimate of drug-likeness (QED) is 0.914. The Labute approximate surface area is 113 Å². The highest BCUT2D eigenvalue weighted by molar-refractivity contribution is 5.24. The Morgan fingerprint density at radius 1 is 1.21 bits per heavy atom. The zero-order valence-corrected chi connectivity index (χ0v) is 11.7. The van der Waals surface area contributed by atoms with Gasteiger partial charge in [0.2, 0.25) is 0 Å². The molecule has 0 amide bonds. The third-order valence-corrected chi connectivity index (χ3v) is 2.95. The fraction of sp³-hybridized carbons (Fsp3) is 0.375. The normalized spacial score (nSPS) is 10.9. The van der Waals surface area contributed by atoms with Gasteiger partial charge in [0.05, 0.1) is 0 Å². The van der Waals surface area contributed by atoms with E-state index in [0.29, 0.717) is 12.3 Å². The molecule has 0 aliphatic heterocycles. The molecule has 0 unspecified atom stereocenters. The van der Waals surface area contributed by atoms with Crippen molar-refractivity contribution in [2.75, 3.05) is 0 Å². The van der Waals surface area contributed by atoms with Crippen LogP contribution in [0.3, 0.4) is 0 Å². The van der Waals surface area contributed by atoms with Gasteiger partial charge < -0.3 is 4.98 Å². The van der Waals surface area contributed by atoms with Crippen LogP contribution in [0.15, 0.2) is 35.1 Å². The lowest BCUT2D eigenvalue weighted by molar-refractivity contribution is 0.630. The molecule has 100 valence electrons. The van der Waals surface area contributed by atoms with Gasteiger partial charge in [-0.25, -0.2) is 4.98 Å². The van der Waals surface area contributed by atoms with Crippen LogP contribution >= 0.6 is 0 Å². The third-order valence-electron chi connectivity index (χ3n) is 2.95. The summed E-state index contributed by atoms with van der Waals surface area (Å²) < 4.78 is 0. The van der Waals surface area contributed by atoms with Crippen molar-refractivity contribution in [2.24, 2.45) is 5.92 Å². The van der Waals surface area contributed by atoms with E-state index in [-0.39, 0.29) is 5.56 Å². The van der Waals surface area contributed by atoms with E-state index in [2.05, 4.69) is 55.0 Å². The third kappa shape index (κ3) is 4.05. The summed E-state index contributed by atoms with van der Waals surface area (Å²) in [5, 5.41) is 0. The lowest BCUT2D eigenvalue weighted by Gasteiger charge is -2.07. The Balaban J connectivity index is 2.22. The Morgan fingerprint density at radius 2 is 1.89 bits per heavy atom. The summed E-state index contributed by atoms with van der Waals surface area (Å²) in [5.74, 6) is 1.24. The molecular weight excluding hydrogens is 236 g/mol. The molecular formula is C16H20N2O. The molecule has 0 radical (unpaired) electrons. The van der Waals surface area contributed by atoms with Crippen molar-refractivity contribution in [3.8, 4) is 0 Å². The lowest BCUT2D eigenvalue weighted by Crippen LogP contribution is -2.14. The largest absolute Gasteiger partial charge is 0.310 e. The second-order valence-corrected chi connectivity index (χ2v) is 5.44. The zero-order chi connectivity index (χ0) is 13.8. The van der Waals surface area contributed by atoms with Crippen molar-refractivity contribution in [2.45, 2.75) is 33.6 Å². The monoisotopic (exact) mass is 256 g/mol. The first-order chi connectivity index (χ1) is 9.02. The molecule has 3 heteroatoms. The second-order valence-electron chi connectivity index (χ2n) is 5.44. The standard InChI is InChI=1S/C16H20N2O/c1-11(2)8-14-10-16(19)18-15(17-14)9-13-6-4-12(3)5-7-13/h4-7,10-11H,8-9H2,1-3H3,(H,17,18,19). The number of aryl methyl sites for hydroxylation is 1. The van der Waals surface area contributed by atoms with Crippen LogP contribution in [0.4, 0.5) is 0 Å². The summed E-state index contributed by atoms with van der Waals surface area (Å²) in [7, 11) is 0. The number of nitrogens with zero attached hydrogens (tertiary/aromatic N) is 1. The average Bonchev–Trinajstić information content (AvgIpc) is 2.30. The fourth-order valence-electron chi connectivity index (χ4n) is 2.07. The van der Waals surface area contributed by atoms with Gasteiger partial charge in [-0.2, -0.15) is 0 Å². The number of hydrogen-bond donors (Lipinski definition) is 1. The molecule has 19 heavy (non-hydrogen) atoms. The molecule has 0 saturated carbocycles. The van der Waals surface area contributed by atoms with Crippen molar-refractivity contribution in [3.05, 3.63) is 63.3 Å². The van der Waals surface area contributed by atoms with Crippen LogP contribution in [0.5, 0.6) is 0 Å². The van der Waals surface area contributed by atoms with E-state index in [0.717, 1.165) is 23.5 Å². The maximum absolute atomic E-state index is 11.6. The van der Waals surface area contributed by atoms with Crippen LogP contribution in [-0.4, -0.2) is 9.97 Å². The van der Waals surface area contributed by atoms with E-state index < -0.39 is 0 Å². The van der Waals surface area contributed by atoms with Crippen LogP contribution in [-0.2, 0) is 12.8 Å². The maximum Gasteiger partial charge on any atom is 0.251 e. The van der Waals surface area contributed by atoms with E-state index in [4.69, 9.17) is 0 Å². The molecule has 2 rings (SSSR count). The number of rotatable bonds is 4. The Hall–Kier alpha value is -1.90. The molecule has 1 aromatic carbocycles. The molecule has 0 aliphatic rings. The Kier molecular flexibility index (Phi) is 4.15. The van der Waals surface area contributed by atoms with Gasteiger partial charge in [0.25, 0.3) is 5.56 Å². The van der Waals surface area contributed by atoms with E-state index >= 15 is 0 Å². The van der Waals surface area contributed by atoms with Crippen molar-refractivity contribution >= 4 is 0 Å². The van der Waals surface area contributed by atoms with E-state index in [1.54, 1.807) is 6.07 Å². The number of aromatic amines is 1. The van der Waals surface area contributed by atoms with Crippen molar-refractivity contribution < 1.29 is 0 Å². The number of aromatic nitrogens is 2. The topological polar surface area (TPSA) is 45.8 Å². The molecule has 3 nitrogen and oxygen atoms in total. The summed E-state index contributed by atoms with van der Waals surface area (Å²) in [4.78, 5) is 19.0. The van der Waals surface area contributed by atoms with Crippen molar-refractivity contribution in [1.29, 1.82) is 0 Å². The summed E-state index contributed by atoms with van der Waals surface area (Å²) >= 11 is 0. The highest BCUT2D eigenvalue weighted by atomic mass is 16.1. The average molecular weight is 256 g/mol. The first kappa shape index (κ1) is 13.5. The van der Waals surface area contributed by atoms with Gasteiger partial charge in [-0.3, -0.25) is 4.79 Å². The molecule has 2 aromatic rings. The zero-order valence-electron chi connectivity index (χ0n) is 11.7. The van der Waals surface area contributed by atoms with Crippen LogP contribution < -0.4 is 5.56 Å². The van der Waals surface area contributed by atoms with Gasteiger partial charge in [0.1, 0.15) is 5.82 Å². The number of nitrogens with one attached hydrogen (secondary N) is 1. The summed E-state index contributed by atoms with van der Waals surface area (Å²) in [6.45, 7) is 6.32. The molecule has 0 saturated heterocycles. The minimum absolute atomic E-state index is 0.0623. The molecule has 0 aliphatic carbocycles. The number of H-pyrrole nitrogens is 1. The van der Waals surface area contributed by atoms with Crippen LogP contribution in [0.1, 0.15) is 36.5 Å². The van der Waals surface area contributed by atoms with Crippen molar-refractivity contribution in [3.63, 3.8) is 0 Å². The number of benzene rings is 1. The molecule has 1 heterocycles. The molecule has 0 fully saturated rings. The smallest absolute Gasteiger partial charge is 0.251 e. The van der Waals surface area contributed by atoms with Gasteiger partial charge in [0, 0.05) is 18.2 Å². The minimum atomic E-state index is -0.0623. The summed E-state index contributed by atoms with van der Waals surface area (Å²) in [6.07, 6.45) is 1.51. The molecule has 0 spiro atoms. The second kappa shape index (κ2) is 5.83. The highest BCUT2D eigenvalue weighted by Crippen LogP contribution is 2.08. The lowest BCUT2D eigenvalue weighted by atomic mass is 10.1. The Morgan fingerprint density at radius 3 is 2.53 bits per heavy atom. The van der Waals surface area contributed by atoms with Gasteiger partial charge in [-0.1, -0.05) is 43.7 Å². The minimum Gasteiger partial charge on any atom is -0.310 e. The molecule has 1 aromatic heterocycles. The molecule has 0 bridgehead atoms. The van der Waals surface area contributed by atoms with E-state index in [1.165, 1.54) is 5.56 Å². The SMILES string of the molecule is Cc1ccc(Cc2nc(CC(C)C)cc(=O)[nH]2)cc1. The van der Waals surface area contributed by atoms with E-state index in [9.17, 15) is 4.79 Å². The predicted octanol–water partition coefficient (Wildman–Crippen LogP) is 2.87. The Bertz CT molecular complexity index is 597. The maximum atomic E-state index is 11.6. The number of hydrogen-bond acceptors (Lipinski definition) is 2. The summed E-state index contributed by atoms with van der Waals surface area (Å²) in [5.41, 5.74) is 3.21. The van der Waals surface area contributed by atoms with Gasteiger partial charge >= 0.3 is 0 Å². The van der Waals surface area contributed by atoms with Gasteiger partial charge in [0.15, 0.2) is 0 Å². The van der Waals surface area contributed by atoms with E-state index in [1.807, 2.05) is 0 Å². The van der Waals surface area contributed by atoms with Crippen molar-refractivity contribution in [1.82, 2.24) is 9.97 Å². The predicted molar refractivity (Wildman–Crippen MR) is 77.4 cm³/mol. The highest BCUT2D eigenvalue weighted by Gasteiger charge is 2.05. The van der Waals surface area contributed by atoms with Crippen LogP contribution in [0.25, 0.3) is 0 Å². The summed E-state index contributed by atoms with van der Waals surface area (Å²) in [6, 6.07) is 9.89. The molecule has 0 atom stereocenters. The first-order valence-corrected chi connectivity index (χ1v) is 6.67. The first-order valence-electron chi connectivity index (χ1n) is 6.67. The van der Waals surface area contributed by atoms with Crippen LogP contribution in [0, 0.1) is 12.8 Å². The fourth-order valence-corrected chi connectivity index (χ4v) is 2.07. The molecule has 1 N–H and O–H groups in total.